The van der Waals surface area contributed by atoms with Gasteiger partial charge in [0.15, 0.2) is 11.2 Å². The molecule has 0 saturated carbocycles. The number of nitrogens with zero attached hydrogens (tertiary/aromatic N) is 4. The van der Waals surface area contributed by atoms with Crippen molar-refractivity contribution in [2.45, 2.75) is 27.0 Å². The molecule has 0 aliphatic rings. The molecule has 21 heavy (non-hydrogen) atoms. The minimum atomic E-state index is -0.371. The first-order chi connectivity index (χ1) is 10.1. The third kappa shape index (κ3) is 3.78. The van der Waals surface area contributed by atoms with Gasteiger partial charge in [-0.05, 0) is 13.3 Å². The number of rotatable bonds is 7. The van der Waals surface area contributed by atoms with Gasteiger partial charge in [0.25, 0.3) is 5.56 Å². The monoisotopic (exact) mass is 294 g/mol. The lowest BCUT2D eigenvalue weighted by Gasteiger charge is -2.05. The molecule has 0 saturated heterocycles. The van der Waals surface area contributed by atoms with Crippen LogP contribution in [0.5, 0.6) is 0 Å². The minimum Gasteiger partial charge on any atom is -0.393 e. The first kappa shape index (κ1) is 15.0. The van der Waals surface area contributed by atoms with Crippen molar-refractivity contribution in [3.05, 3.63) is 16.7 Å². The Morgan fingerprint density at radius 1 is 1.52 bits per heavy atom. The van der Waals surface area contributed by atoms with Crippen molar-refractivity contribution in [1.29, 1.82) is 0 Å². The maximum Gasteiger partial charge on any atom is 0.280 e. The topological polar surface area (TPSA) is 120 Å². The van der Waals surface area contributed by atoms with Gasteiger partial charge in [-0.25, -0.2) is 4.98 Å². The van der Waals surface area contributed by atoms with E-state index in [0.29, 0.717) is 18.9 Å². The van der Waals surface area contributed by atoms with Gasteiger partial charge in [0.05, 0.1) is 18.6 Å². The minimum absolute atomic E-state index is 0.0435. The van der Waals surface area contributed by atoms with Crippen molar-refractivity contribution >= 4 is 22.8 Å². The number of nitrogens with one attached hydrogen (secondary N) is 1. The maximum absolute atomic E-state index is 11.6. The van der Waals surface area contributed by atoms with Crippen LogP contribution in [0.25, 0.3) is 11.2 Å². The van der Waals surface area contributed by atoms with E-state index in [4.69, 9.17) is 15.3 Å². The first-order valence-electron chi connectivity index (χ1n) is 6.55. The summed E-state index contributed by atoms with van der Waals surface area (Å²) >= 11 is 0. The third-order valence-electron chi connectivity index (χ3n) is 2.77. The standard InChI is InChI=1S/C12H18N6O3/c1-3-8(2)17-21-5-4-20-7-18-6-14-9-10(18)15-12(13)16-11(9)19/h6H,3-5,7H2,1-2H3,(H3,13,15,16,19)/b17-8+. The molecule has 0 radical (unpaired) electrons. The van der Waals surface area contributed by atoms with Crippen LogP contribution < -0.4 is 11.3 Å². The molecular weight excluding hydrogens is 276 g/mol. The van der Waals surface area contributed by atoms with E-state index >= 15 is 0 Å². The fourth-order valence-corrected chi connectivity index (χ4v) is 1.54. The molecule has 0 atom stereocenters. The number of aromatic amines is 1. The van der Waals surface area contributed by atoms with E-state index in [1.807, 2.05) is 13.8 Å². The summed E-state index contributed by atoms with van der Waals surface area (Å²) in [5.74, 6) is 0.0435. The van der Waals surface area contributed by atoms with Gasteiger partial charge < -0.3 is 15.3 Å². The molecule has 9 nitrogen and oxygen atoms in total. The summed E-state index contributed by atoms with van der Waals surface area (Å²) in [6.07, 6.45) is 2.33. The average molecular weight is 294 g/mol. The van der Waals surface area contributed by atoms with Gasteiger partial charge in [-0.2, -0.15) is 4.98 Å². The average Bonchev–Trinajstić information content (AvgIpc) is 2.85. The SMILES string of the molecule is CC/C(C)=N/OCCOCn1cnc2c(=O)[nH]c(N)nc21. The molecule has 114 valence electrons. The third-order valence-corrected chi connectivity index (χ3v) is 2.77. The van der Waals surface area contributed by atoms with Crippen LogP contribution in [0.2, 0.25) is 0 Å². The highest BCUT2D eigenvalue weighted by molar-refractivity contribution is 5.80. The van der Waals surface area contributed by atoms with E-state index < -0.39 is 0 Å². The van der Waals surface area contributed by atoms with Crippen LogP contribution in [0, 0.1) is 0 Å². The summed E-state index contributed by atoms with van der Waals surface area (Å²) in [5.41, 5.74) is 6.67. The molecule has 0 spiro atoms. The summed E-state index contributed by atoms with van der Waals surface area (Å²) in [7, 11) is 0. The van der Waals surface area contributed by atoms with Crippen LogP contribution in [0.3, 0.4) is 0 Å². The van der Waals surface area contributed by atoms with Gasteiger partial charge in [0.1, 0.15) is 13.3 Å². The fourth-order valence-electron chi connectivity index (χ4n) is 1.54. The van der Waals surface area contributed by atoms with Crippen LogP contribution >= 0.6 is 0 Å². The van der Waals surface area contributed by atoms with E-state index in [-0.39, 0.29) is 23.8 Å². The molecule has 0 fully saturated rings. The zero-order valence-corrected chi connectivity index (χ0v) is 12.0. The van der Waals surface area contributed by atoms with Gasteiger partial charge in [0.2, 0.25) is 5.95 Å². The van der Waals surface area contributed by atoms with E-state index in [9.17, 15) is 4.79 Å². The Hall–Kier alpha value is -2.42. The van der Waals surface area contributed by atoms with Gasteiger partial charge in [-0.15, -0.1) is 0 Å². The van der Waals surface area contributed by atoms with Crippen LogP contribution in [0.1, 0.15) is 20.3 Å². The molecule has 3 N–H and O–H groups in total. The zero-order chi connectivity index (χ0) is 15.2. The highest BCUT2D eigenvalue weighted by atomic mass is 16.6. The quantitative estimate of drug-likeness (QED) is 0.435. The predicted molar refractivity (Wildman–Crippen MR) is 77.9 cm³/mol. The molecule has 0 unspecified atom stereocenters. The van der Waals surface area contributed by atoms with E-state index in [1.54, 1.807) is 4.57 Å². The second-order valence-electron chi connectivity index (χ2n) is 4.39. The van der Waals surface area contributed by atoms with Gasteiger partial charge >= 0.3 is 0 Å². The molecule has 2 heterocycles. The summed E-state index contributed by atoms with van der Waals surface area (Å²) in [6, 6.07) is 0. The second kappa shape index (κ2) is 6.84. The Morgan fingerprint density at radius 2 is 2.33 bits per heavy atom. The number of hydrogen-bond donors (Lipinski definition) is 2. The molecular formula is C12H18N6O3. The lowest BCUT2D eigenvalue weighted by atomic mass is 10.3. The molecule has 2 aromatic heterocycles. The Balaban J connectivity index is 1.88. The van der Waals surface area contributed by atoms with E-state index in [0.717, 1.165) is 12.1 Å². The first-order valence-corrected chi connectivity index (χ1v) is 6.55. The van der Waals surface area contributed by atoms with Crippen molar-refractivity contribution in [1.82, 2.24) is 19.5 Å². The molecule has 9 heteroatoms. The highest BCUT2D eigenvalue weighted by Crippen LogP contribution is 2.06. The number of hydrogen-bond acceptors (Lipinski definition) is 7. The number of fused-ring (bicyclic) bond motifs is 1. The van der Waals surface area contributed by atoms with Gasteiger partial charge in [-0.1, -0.05) is 12.1 Å². The molecule has 0 aliphatic heterocycles. The zero-order valence-electron chi connectivity index (χ0n) is 12.0. The summed E-state index contributed by atoms with van der Waals surface area (Å²) < 4.78 is 7.02. The fraction of sp³-hybridized carbons (Fsp3) is 0.500. The number of anilines is 1. The maximum atomic E-state index is 11.6. The number of aromatic nitrogens is 4. The van der Waals surface area contributed by atoms with E-state index in [1.165, 1.54) is 6.33 Å². The van der Waals surface area contributed by atoms with Crippen molar-refractivity contribution in [2.24, 2.45) is 5.16 Å². The van der Waals surface area contributed by atoms with E-state index in [2.05, 4.69) is 20.1 Å². The Morgan fingerprint density at radius 3 is 3.10 bits per heavy atom. The lowest BCUT2D eigenvalue weighted by Crippen LogP contribution is -2.13. The largest absolute Gasteiger partial charge is 0.393 e. The van der Waals surface area contributed by atoms with Gasteiger partial charge in [-0.3, -0.25) is 14.3 Å². The van der Waals surface area contributed by atoms with Crippen molar-refractivity contribution in [3.8, 4) is 0 Å². The van der Waals surface area contributed by atoms with Crippen LogP contribution in [0.15, 0.2) is 16.3 Å². The number of H-pyrrole nitrogens is 1. The normalized spacial score (nSPS) is 12.0. The molecule has 2 aromatic rings. The van der Waals surface area contributed by atoms with Crippen LogP contribution in [-0.2, 0) is 16.3 Å². The summed E-state index contributed by atoms with van der Waals surface area (Å²) in [6.45, 7) is 4.81. The molecule has 0 bridgehead atoms. The summed E-state index contributed by atoms with van der Waals surface area (Å²) in [5, 5.41) is 3.89. The Bertz CT molecular complexity index is 690. The van der Waals surface area contributed by atoms with Crippen molar-refractivity contribution in [3.63, 3.8) is 0 Å². The van der Waals surface area contributed by atoms with Gasteiger partial charge in [0, 0.05) is 0 Å². The number of imidazole rings is 1. The number of nitrogens with two attached hydrogens (primary N) is 1. The predicted octanol–water partition coefficient (Wildman–Crippen LogP) is 0.478. The smallest absolute Gasteiger partial charge is 0.280 e. The van der Waals surface area contributed by atoms with Crippen LogP contribution in [0.4, 0.5) is 5.95 Å². The number of nitrogen functional groups attached to an aromatic ring is 1. The Kier molecular flexibility index (Phi) is 4.88. The molecule has 2 rings (SSSR count). The molecule has 0 aliphatic carbocycles. The van der Waals surface area contributed by atoms with Crippen LogP contribution in [-0.4, -0.2) is 38.4 Å². The molecule has 0 amide bonds. The number of oxime groups is 1. The Labute approximate surface area is 120 Å². The lowest BCUT2D eigenvalue weighted by molar-refractivity contribution is 0.0217. The number of ether oxygens (including phenoxy) is 1. The second-order valence-corrected chi connectivity index (χ2v) is 4.39. The highest BCUT2D eigenvalue weighted by Gasteiger charge is 2.08. The van der Waals surface area contributed by atoms with Crippen molar-refractivity contribution in [2.75, 3.05) is 18.9 Å². The summed E-state index contributed by atoms with van der Waals surface area (Å²) in [4.78, 5) is 27.1. The van der Waals surface area contributed by atoms with Crippen molar-refractivity contribution < 1.29 is 9.57 Å². The molecule has 0 aromatic carbocycles.